The van der Waals surface area contributed by atoms with E-state index in [1.165, 1.54) is 5.56 Å². The fourth-order valence-electron chi connectivity index (χ4n) is 3.39. The van der Waals surface area contributed by atoms with Gasteiger partial charge in [-0.3, -0.25) is 4.79 Å². The Balaban J connectivity index is 1.50. The minimum absolute atomic E-state index is 0.117. The molecule has 2 heterocycles. The van der Waals surface area contributed by atoms with Gasteiger partial charge < -0.3 is 14.4 Å². The SMILES string of the molecule is CC(C)(C)c1ccc(SCC(=O)N2CCCC(C3OCCO3)C2)cc1. The number of carbonyl (C=O) groups excluding carboxylic acids is 1. The Morgan fingerprint density at radius 3 is 2.52 bits per heavy atom. The second kappa shape index (κ2) is 8.11. The Bertz CT molecular complexity index is 576. The number of benzene rings is 1. The summed E-state index contributed by atoms with van der Waals surface area (Å²) in [4.78, 5) is 15.7. The first-order valence-electron chi connectivity index (χ1n) is 9.18. The van der Waals surface area contributed by atoms with Gasteiger partial charge in [0.25, 0.3) is 0 Å². The van der Waals surface area contributed by atoms with Crippen LogP contribution in [0.5, 0.6) is 0 Å². The summed E-state index contributed by atoms with van der Waals surface area (Å²) in [5.41, 5.74) is 1.48. The minimum Gasteiger partial charge on any atom is -0.350 e. The zero-order chi connectivity index (χ0) is 17.9. The molecule has 1 amide bonds. The summed E-state index contributed by atoms with van der Waals surface area (Å²) >= 11 is 1.62. The molecule has 3 rings (SSSR count). The quantitative estimate of drug-likeness (QED) is 0.765. The van der Waals surface area contributed by atoms with Crippen LogP contribution in [0.25, 0.3) is 0 Å². The van der Waals surface area contributed by atoms with Gasteiger partial charge in [-0.05, 0) is 36.0 Å². The number of thioether (sulfide) groups is 1. The highest BCUT2D eigenvalue weighted by molar-refractivity contribution is 8.00. The molecule has 2 fully saturated rings. The fourth-order valence-corrected chi connectivity index (χ4v) is 4.20. The number of hydrogen-bond acceptors (Lipinski definition) is 4. The van der Waals surface area contributed by atoms with Crippen LogP contribution in [0.4, 0.5) is 0 Å². The average Bonchev–Trinajstić information content (AvgIpc) is 3.14. The highest BCUT2D eigenvalue weighted by atomic mass is 32.2. The van der Waals surface area contributed by atoms with Gasteiger partial charge >= 0.3 is 0 Å². The molecule has 1 atom stereocenters. The van der Waals surface area contributed by atoms with Gasteiger partial charge in [0.1, 0.15) is 0 Å². The van der Waals surface area contributed by atoms with Crippen molar-refractivity contribution in [1.82, 2.24) is 4.90 Å². The highest BCUT2D eigenvalue weighted by Gasteiger charge is 2.32. The molecule has 0 aromatic heterocycles. The van der Waals surface area contributed by atoms with E-state index in [9.17, 15) is 4.79 Å². The molecule has 1 aromatic rings. The van der Waals surface area contributed by atoms with Crippen molar-refractivity contribution in [3.05, 3.63) is 29.8 Å². The van der Waals surface area contributed by atoms with E-state index in [0.717, 1.165) is 30.8 Å². The Morgan fingerprint density at radius 1 is 1.20 bits per heavy atom. The fraction of sp³-hybridized carbons (Fsp3) is 0.650. The number of amides is 1. The topological polar surface area (TPSA) is 38.8 Å². The summed E-state index contributed by atoms with van der Waals surface area (Å²) in [6, 6.07) is 8.58. The van der Waals surface area contributed by atoms with Gasteiger partial charge in [-0.15, -0.1) is 11.8 Å². The summed E-state index contributed by atoms with van der Waals surface area (Å²) in [6.45, 7) is 9.60. The summed E-state index contributed by atoms with van der Waals surface area (Å²) < 4.78 is 11.2. The van der Waals surface area contributed by atoms with E-state index in [1.54, 1.807) is 11.8 Å². The third-order valence-corrected chi connectivity index (χ3v) is 5.92. The molecule has 0 spiro atoms. The lowest BCUT2D eigenvalue weighted by Crippen LogP contribution is -2.44. The van der Waals surface area contributed by atoms with Crippen molar-refractivity contribution >= 4 is 17.7 Å². The zero-order valence-corrected chi connectivity index (χ0v) is 16.3. The van der Waals surface area contributed by atoms with E-state index < -0.39 is 0 Å². The molecule has 0 bridgehead atoms. The molecule has 2 aliphatic heterocycles. The third-order valence-electron chi connectivity index (χ3n) is 4.93. The summed E-state index contributed by atoms with van der Waals surface area (Å²) in [7, 11) is 0. The van der Waals surface area contributed by atoms with E-state index in [4.69, 9.17) is 9.47 Å². The molecular formula is C20H29NO3S. The number of likely N-dealkylation sites (tertiary alicyclic amines) is 1. The Labute approximate surface area is 155 Å². The Kier molecular flexibility index (Phi) is 6.08. The molecule has 4 nitrogen and oxygen atoms in total. The molecule has 0 aliphatic carbocycles. The predicted molar refractivity (Wildman–Crippen MR) is 101 cm³/mol. The Morgan fingerprint density at radius 2 is 1.88 bits per heavy atom. The van der Waals surface area contributed by atoms with Crippen molar-refractivity contribution in [2.24, 2.45) is 5.92 Å². The van der Waals surface area contributed by atoms with Crippen LogP contribution in [0.2, 0.25) is 0 Å². The highest BCUT2D eigenvalue weighted by Crippen LogP contribution is 2.28. The van der Waals surface area contributed by atoms with Crippen molar-refractivity contribution in [3.8, 4) is 0 Å². The van der Waals surface area contributed by atoms with E-state index >= 15 is 0 Å². The molecule has 1 aromatic carbocycles. The molecule has 25 heavy (non-hydrogen) atoms. The van der Waals surface area contributed by atoms with Gasteiger partial charge in [0, 0.05) is 23.9 Å². The molecule has 0 N–H and O–H groups in total. The van der Waals surface area contributed by atoms with E-state index in [-0.39, 0.29) is 17.6 Å². The van der Waals surface area contributed by atoms with Crippen LogP contribution in [-0.4, -0.2) is 49.2 Å². The maximum atomic E-state index is 12.6. The van der Waals surface area contributed by atoms with Crippen molar-refractivity contribution in [2.45, 2.75) is 50.2 Å². The monoisotopic (exact) mass is 363 g/mol. The van der Waals surface area contributed by atoms with Crippen LogP contribution in [0.3, 0.4) is 0 Å². The lowest BCUT2D eigenvalue weighted by molar-refractivity contribution is -0.136. The maximum Gasteiger partial charge on any atom is 0.232 e. The smallest absolute Gasteiger partial charge is 0.232 e. The standard InChI is InChI=1S/C20H29NO3S/c1-20(2,3)16-6-8-17(9-7-16)25-14-18(22)21-10-4-5-15(13-21)19-23-11-12-24-19/h6-9,15,19H,4-5,10-14H2,1-3H3. The van der Waals surface area contributed by atoms with Crippen molar-refractivity contribution < 1.29 is 14.3 Å². The number of rotatable bonds is 4. The molecular weight excluding hydrogens is 334 g/mol. The normalized spacial score (nSPS) is 22.4. The van der Waals surface area contributed by atoms with Crippen LogP contribution < -0.4 is 0 Å². The second-order valence-corrected chi connectivity index (χ2v) is 8.96. The summed E-state index contributed by atoms with van der Waals surface area (Å²) in [6.07, 6.45) is 1.99. The van der Waals surface area contributed by atoms with Crippen molar-refractivity contribution in [3.63, 3.8) is 0 Å². The van der Waals surface area contributed by atoms with Crippen LogP contribution in [0.1, 0.15) is 39.2 Å². The minimum atomic E-state index is -0.117. The number of ether oxygens (including phenoxy) is 2. The maximum absolute atomic E-state index is 12.6. The lowest BCUT2D eigenvalue weighted by atomic mass is 9.87. The molecule has 1 unspecified atom stereocenters. The molecule has 138 valence electrons. The second-order valence-electron chi connectivity index (χ2n) is 7.92. The first-order chi connectivity index (χ1) is 11.9. The molecule has 2 saturated heterocycles. The average molecular weight is 364 g/mol. The lowest BCUT2D eigenvalue weighted by Gasteiger charge is -2.34. The van der Waals surface area contributed by atoms with E-state index in [2.05, 4.69) is 45.0 Å². The van der Waals surface area contributed by atoms with Gasteiger partial charge in [0.15, 0.2) is 6.29 Å². The first kappa shape index (κ1) is 18.7. The predicted octanol–water partition coefficient (Wildman–Crippen LogP) is 3.69. The van der Waals surface area contributed by atoms with Crippen LogP contribution >= 0.6 is 11.8 Å². The van der Waals surface area contributed by atoms with Gasteiger partial charge in [-0.1, -0.05) is 32.9 Å². The van der Waals surface area contributed by atoms with Gasteiger partial charge in [0.2, 0.25) is 5.91 Å². The van der Waals surface area contributed by atoms with Crippen molar-refractivity contribution in [2.75, 3.05) is 32.1 Å². The third kappa shape index (κ3) is 4.99. The number of hydrogen-bond donors (Lipinski definition) is 0. The van der Waals surface area contributed by atoms with Gasteiger partial charge in [0.05, 0.1) is 19.0 Å². The molecule has 5 heteroatoms. The summed E-state index contributed by atoms with van der Waals surface area (Å²) in [5, 5.41) is 0. The molecule has 0 saturated carbocycles. The first-order valence-corrected chi connectivity index (χ1v) is 10.2. The summed E-state index contributed by atoms with van der Waals surface area (Å²) in [5.74, 6) is 1.03. The number of nitrogens with zero attached hydrogens (tertiary/aromatic N) is 1. The van der Waals surface area contributed by atoms with Crippen molar-refractivity contribution in [1.29, 1.82) is 0 Å². The largest absolute Gasteiger partial charge is 0.350 e. The molecule has 2 aliphatic rings. The van der Waals surface area contributed by atoms with E-state index in [0.29, 0.717) is 24.9 Å². The molecule has 0 radical (unpaired) electrons. The van der Waals surface area contributed by atoms with Crippen LogP contribution in [-0.2, 0) is 19.7 Å². The van der Waals surface area contributed by atoms with E-state index in [1.807, 2.05) is 4.90 Å². The van der Waals surface area contributed by atoms with Gasteiger partial charge in [-0.2, -0.15) is 0 Å². The van der Waals surface area contributed by atoms with Crippen LogP contribution in [0, 0.1) is 5.92 Å². The zero-order valence-electron chi connectivity index (χ0n) is 15.5. The van der Waals surface area contributed by atoms with Crippen LogP contribution in [0.15, 0.2) is 29.2 Å². The number of piperidine rings is 1. The van der Waals surface area contributed by atoms with Gasteiger partial charge in [-0.25, -0.2) is 0 Å². The number of carbonyl (C=O) groups is 1. The Hall–Kier alpha value is -1.04.